The lowest BCUT2D eigenvalue weighted by Gasteiger charge is -2.25. The summed E-state index contributed by atoms with van der Waals surface area (Å²) in [7, 11) is 0. The van der Waals surface area contributed by atoms with E-state index in [1.165, 1.54) is 0 Å². The molecular formula is C10H16ClNO2. The summed E-state index contributed by atoms with van der Waals surface area (Å²) in [5, 5.41) is 0. The molecule has 1 amide bonds. The molecule has 2 aliphatic heterocycles. The van der Waals surface area contributed by atoms with Gasteiger partial charge in [-0.2, -0.15) is 0 Å². The third kappa shape index (κ3) is 1.89. The smallest absolute Gasteiger partial charge is 0.251 e. The van der Waals surface area contributed by atoms with Crippen molar-refractivity contribution in [1.82, 2.24) is 4.90 Å². The highest BCUT2D eigenvalue weighted by Crippen LogP contribution is 2.23. The van der Waals surface area contributed by atoms with E-state index in [-0.39, 0.29) is 18.1 Å². The van der Waals surface area contributed by atoms with Gasteiger partial charge in [-0.25, -0.2) is 0 Å². The lowest BCUT2D eigenvalue weighted by Crippen LogP contribution is -2.42. The van der Waals surface area contributed by atoms with Gasteiger partial charge >= 0.3 is 0 Å². The fourth-order valence-corrected chi connectivity index (χ4v) is 2.56. The minimum atomic E-state index is -0.182. The largest absolute Gasteiger partial charge is 0.368 e. The van der Waals surface area contributed by atoms with Gasteiger partial charge < -0.3 is 9.64 Å². The molecule has 4 heteroatoms. The van der Waals surface area contributed by atoms with Gasteiger partial charge in [0.05, 0.1) is 0 Å². The summed E-state index contributed by atoms with van der Waals surface area (Å²) in [6.07, 6.45) is 3.83. The minimum Gasteiger partial charge on any atom is -0.368 e. The third-order valence-electron chi connectivity index (χ3n) is 3.04. The average Bonchev–Trinajstić information content (AvgIpc) is 2.87. The Morgan fingerprint density at radius 2 is 2.29 bits per heavy atom. The van der Waals surface area contributed by atoms with Crippen LogP contribution in [0.2, 0.25) is 0 Å². The van der Waals surface area contributed by atoms with Crippen LogP contribution >= 0.6 is 11.6 Å². The second-order valence-corrected chi connectivity index (χ2v) is 4.29. The number of ether oxygens (including phenoxy) is 1. The van der Waals surface area contributed by atoms with Crippen LogP contribution in [0.25, 0.3) is 0 Å². The van der Waals surface area contributed by atoms with E-state index in [2.05, 4.69) is 0 Å². The fourth-order valence-electron chi connectivity index (χ4n) is 2.24. The summed E-state index contributed by atoms with van der Waals surface area (Å²) < 4.78 is 5.39. The fraction of sp³-hybridized carbons (Fsp3) is 0.900. The molecule has 0 bridgehead atoms. The predicted octanol–water partition coefficient (Wildman–Crippen LogP) is 1.40. The van der Waals surface area contributed by atoms with Gasteiger partial charge in [-0.1, -0.05) is 0 Å². The number of nitrogens with zero attached hydrogens (tertiary/aromatic N) is 1. The predicted molar refractivity (Wildman–Crippen MR) is 54.4 cm³/mol. The Labute approximate surface area is 89.4 Å². The number of halogens is 1. The molecule has 0 saturated carbocycles. The van der Waals surface area contributed by atoms with Crippen LogP contribution in [0.15, 0.2) is 0 Å². The van der Waals surface area contributed by atoms with E-state index in [1.54, 1.807) is 0 Å². The first-order valence-corrected chi connectivity index (χ1v) is 5.84. The molecule has 2 saturated heterocycles. The summed E-state index contributed by atoms with van der Waals surface area (Å²) >= 11 is 5.82. The number of rotatable bonds is 2. The average molecular weight is 218 g/mol. The molecule has 2 atom stereocenters. The highest BCUT2D eigenvalue weighted by Gasteiger charge is 2.34. The standard InChI is InChI=1S/C10H16ClNO2/c11-7-8-3-1-5-12(8)10(13)9-4-2-6-14-9/h8-9H,1-7H2/t8-,9?/m1/s1. The van der Waals surface area contributed by atoms with Crippen molar-refractivity contribution in [2.24, 2.45) is 0 Å². The highest BCUT2D eigenvalue weighted by atomic mass is 35.5. The summed E-state index contributed by atoms with van der Waals surface area (Å²) in [6, 6.07) is 0.244. The van der Waals surface area contributed by atoms with Gasteiger partial charge in [0.15, 0.2) is 0 Å². The van der Waals surface area contributed by atoms with Crippen molar-refractivity contribution >= 4 is 17.5 Å². The second-order valence-electron chi connectivity index (χ2n) is 3.98. The number of carbonyl (C=O) groups excluding carboxylic acids is 1. The van der Waals surface area contributed by atoms with Gasteiger partial charge in [-0.15, -0.1) is 11.6 Å². The Morgan fingerprint density at radius 3 is 2.93 bits per heavy atom. The molecule has 0 aromatic heterocycles. The molecule has 14 heavy (non-hydrogen) atoms. The van der Waals surface area contributed by atoms with Crippen molar-refractivity contribution in [3.63, 3.8) is 0 Å². The van der Waals surface area contributed by atoms with Crippen LogP contribution in [0.4, 0.5) is 0 Å². The van der Waals surface area contributed by atoms with Gasteiger partial charge in [0, 0.05) is 25.1 Å². The van der Waals surface area contributed by atoms with Crippen LogP contribution < -0.4 is 0 Å². The van der Waals surface area contributed by atoms with Crippen LogP contribution in [0, 0.1) is 0 Å². The van der Waals surface area contributed by atoms with E-state index in [4.69, 9.17) is 16.3 Å². The number of amides is 1. The molecule has 80 valence electrons. The monoisotopic (exact) mass is 217 g/mol. The van der Waals surface area contributed by atoms with Crippen LogP contribution in [-0.2, 0) is 9.53 Å². The quantitative estimate of drug-likeness (QED) is 0.655. The van der Waals surface area contributed by atoms with Gasteiger partial charge in [-0.05, 0) is 25.7 Å². The molecule has 0 aliphatic carbocycles. The first-order chi connectivity index (χ1) is 6.83. The summed E-state index contributed by atoms with van der Waals surface area (Å²) in [6.45, 7) is 1.59. The van der Waals surface area contributed by atoms with Crippen LogP contribution in [0.5, 0.6) is 0 Å². The van der Waals surface area contributed by atoms with Crippen molar-refractivity contribution in [2.45, 2.75) is 37.8 Å². The van der Waals surface area contributed by atoms with Crippen molar-refractivity contribution in [1.29, 1.82) is 0 Å². The zero-order valence-corrected chi connectivity index (χ0v) is 9.00. The summed E-state index contributed by atoms with van der Waals surface area (Å²) in [4.78, 5) is 13.9. The van der Waals surface area contributed by atoms with E-state index in [0.717, 1.165) is 38.8 Å². The topological polar surface area (TPSA) is 29.5 Å². The Kier molecular flexibility index (Phi) is 3.29. The molecule has 0 aromatic carbocycles. The number of hydrogen-bond donors (Lipinski definition) is 0. The molecule has 0 aromatic rings. The molecule has 2 aliphatic rings. The van der Waals surface area contributed by atoms with Crippen LogP contribution in [0.3, 0.4) is 0 Å². The van der Waals surface area contributed by atoms with E-state index in [1.807, 2.05) is 4.90 Å². The summed E-state index contributed by atoms with van der Waals surface area (Å²) in [5.41, 5.74) is 0. The molecule has 2 heterocycles. The number of hydrogen-bond acceptors (Lipinski definition) is 2. The lowest BCUT2D eigenvalue weighted by atomic mass is 10.2. The normalized spacial score (nSPS) is 32.5. The third-order valence-corrected chi connectivity index (χ3v) is 3.40. The van der Waals surface area contributed by atoms with E-state index < -0.39 is 0 Å². The maximum atomic E-state index is 12.0. The lowest BCUT2D eigenvalue weighted by molar-refractivity contribution is -0.141. The van der Waals surface area contributed by atoms with Gasteiger partial charge in [-0.3, -0.25) is 4.79 Å². The number of carbonyl (C=O) groups is 1. The van der Waals surface area contributed by atoms with Gasteiger partial charge in [0.2, 0.25) is 0 Å². The van der Waals surface area contributed by atoms with Crippen molar-refractivity contribution < 1.29 is 9.53 Å². The van der Waals surface area contributed by atoms with Crippen LogP contribution in [0.1, 0.15) is 25.7 Å². The van der Waals surface area contributed by atoms with Crippen molar-refractivity contribution in [3.8, 4) is 0 Å². The zero-order valence-electron chi connectivity index (χ0n) is 8.25. The summed E-state index contributed by atoms with van der Waals surface area (Å²) in [5.74, 6) is 0.712. The number of alkyl halides is 1. The Hall–Kier alpha value is -0.280. The van der Waals surface area contributed by atoms with Crippen molar-refractivity contribution in [3.05, 3.63) is 0 Å². The molecule has 2 fully saturated rings. The molecular weight excluding hydrogens is 202 g/mol. The molecule has 2 rings (SSSR count). The minimum absolute atomic E-state index is 0.158. The van der Waals surface area contributed by atoms with E-state index >= 15 is 0 Å². The Morgan fingerprint density at radius 1 is 1.43 bits per heavy atom. The van der Waals surface area contributed by atoms with E-state index in [0.29, 0.717) is 5.88 Å². The molecule has 0 N–H and O–H groups in total. The molecule has 3 nitrogen and oxygen atoms in total. The second kappa shape index (κ2) is 4.49. The SMILES string of the molecule is O=C(C1CCCO1)N1CCC[C@@H]1CCl. The Balaban J connectivity index is 1.95. The molecule has 1 unspecified atom stereocenters. The van der Waals surface area contributed by atoms with Crippen molar-refractivity contribution in [2.75, 3.05) is 19.0 Å². The van der Waals surface area contributed by atoms with E-state index in [9.17, 15) is 4.79 Å². The maximum absolute atomic E-state index is 12.0. The first-order valence-electron chi connectivity index (χ1n) is 5.31. The highest BCUT2D eigenvalue weighted by molar-refractivity contribution is 6.18. The molecule has 0 radical (unpaired) electrons. The number of likely N-dealkylation sites (tertiary alicyclic amines) is 1. The maximum Gasteiger partial charge on any atom is 0.251 e. The Bertz CT molecular complexity index is 216. The first kappa shape index (κ1) is 10.2. The van der Waals surface area contributed by atoms with Gasteiger partial charge in [0.1, 0.15) is 6.10 Å². The zero-order chi connectivity index (χ0) is 9.97. The van der Waals surface area contributed by atoms with Crippen LogP contribution in [-0.4, -0.2) is 42.0 Å². The molecule has 0 spiro atoms. The van der Waals surface area contributed by atoms with Gasteiger partial charge in [0.25, 0.3) is 5.91 Å².